The van der Waals surface area contributed by atoms with Crippen LogP contribution in [-0.2, 0) is 27.3 Å². The molecule has 1 fully saturated rings. The number of benzene rings is 2. The molecule has 1 saturated heterocycles. The lowest BCUT2D eigenvalue weighted by atomic mass is 10.1. The topological polar surface area (TPSA) is 84.4 Å². The SMILES string of the molecule is CCc1nc(-c2ccc(NCc3ccccc3)cc2)nc(N2CCOCC2)c1C.O=C=O. The van der Waals surface area contributed by atoms with Gasteiger partial charge in [-0.3, -0.25) is 0 Å². The first kappa shape index (κ1) is 23.1. The summed E-state index contributed by atoms with van der Waals surface area (Å²) in [7, 11) is 0. The van der Waals surface area contributed by atoms with Gasteiger partial charge in [-0.1, -0.05) is 37.3 Å². The molecule has 0 spiro atoms. The normalized spacial score (nSPS) is 13.0. The minimum Gasteiger partial charge on any atom is -0.381 e. The van der Waals surface area contributed by atoms with Crippen molar-refractivity contribution in [1.82, 2.24) is 9.97 Å². The number of aromatic nitrogens is 2. The second kappa shape index (κ2) is 11.7. The number of hydrogen-bond donors (Lipinski definition) is 1. The van der Waals surface area contributed by atoms with E-state index in [1.807, 2.05) is 6.07 Å². The Kier molecular flexibility index (Phi) is 8.49. The fraction of sp³-hybridized carbons (Fsp3) is 0.320. The molecule has 166 valence electrons. The smallest absolute Gasteiger partial charge is 0.373 e. The van der Waals surface area contributed by atoms with Gasteiger partial charge in [-0.05, 0) is 43.2 Å². The summed E-state index contributed by atoms with van der Waals surface area (Å²) < 4.78 is 5.51. The maximum atomic E-state index is 8.12. The highest BCUT2D eigenvalue weighted by Crippen LogP contribution is 2.26. The number of carbonyl (C=O) groups excluding carboxylic acids is 2. The van der Waals surface area contributed by atoms with Crippen LogP contribution in [0.5, 0.6) is 0 Å². The molecule has 1 aliphatic rings. The lowest BCUT2D eigenvalue weighted by Gasteiger charge is -2.29. The minimum absolute atomic E-state index is 0.250. The predicted octanol–water partition coefficient (Wildman–Crippen LogP) is 3.88. The van der Waals surface area contributed by atoms with Crippen LogP contribution in [0, 0.1) is 6.92 Å². The van der Waals surface area contributed by atoms with E-state index < -0.39 is 0 Å². The summed E-state index contributed by atoms with van der Waals surface area (Å²) in [6, 6.07) is 18.8. The summed E-state index contributed by atoms with van der Waals surface area (Å²) in [6.07, 6.45) is 1.15. The van der Waals surface area contributed by atoms with Crippen LogP contribution in [0.2, 0.25) is 0 Å². The van der Waals surface area contributed by atoms with Gasteiger partial charge in [0.2, 0.25) is 0 Å². The van der Waals surface area contributed by atoms with Gasteiger partial charge in [-0.25, -0.2) is 9.97 Å². The number of nitrogens with zero attached hydrogens (tertiary/aromatic N) is 3. The summed E-state index contributed by atoms with van der Waals surface area (Å²) in [5.74, 6) is 1.84. The van der Waals surface area contributed by atoms with Crippen LogP contribution in [0.25, 0.3) is 11.4 Å². The molecule has 1 N–H and O–H groups in total. The van der Waals surface area contributed by atoms with Gasteiger partial charge >= 0.3 is 6.15 Å². The van der Waals surface area contributed by atoms with Crippen molar-refractivity contribution in [1.29, 1.82) is 0 Å². The van der Waals surface area contributed by atoms with Crippen molar-refractivity contribution in [2.24, 2.45) is 0 Å². The third kappa shape index (κ3) is 6.00. The highest BCUT2D eigenvalue weighted by atomic mass is 16.5. The zero-order valence-corrected chi connectivity index (χ0v) is 18.5. The molecule has 0 aliphatic carbocycles. The second-order valence-electron chi connectivity index (χ2n) is 7.40. The Balaban J connectivity index is 0.000000913. The highest BCUT2D eigenvalue weighted by Gasteiger charge is 2.19. The van der Waals surface area contributed by atoms with Crippen LogP contribution in [0.3, 0.4) is 0 Å². The Bertz CT molecular complexity index is 1030. The molecule has 7 nitrogen and oxygen atoms in total. The molecule has 0 amide bonds. The third-order valence-electron chi connectivity index (χ3n) is 5.35. The van der Waals surface area contributed by atoms with Crippen molar-refractivity contribution in [3.63, 3.8) is 0 Å². The van der Waals surface area contributed by atoms with Gasteiger partial charge in [0.1, 0.15) is 5.82 Å². The molecule has 1 aliphatic heterocycles. The standard InChI is InChI=1S/C24H28N4O.CO2/c1-3-22-18(2)24(28-13-15-29-16-14-28)27-23(26-22)20-9-11-21(12-10-20)25-17-19-7-5-4-6-8-19;2-1-3/h4-12,25H,3,13-17H2,1-2H3;. The first-order valence-electron chi connectivity index (χ1n) is 10.7. The van der Waals surface area contributed by atoms with Gasteiger partial charge in [0, 0.05) is 42.1 Å². The Morgan fingerprint density at radius 3 is 2.28 bits per heavy atom. The number of ether oxygens (including phenoxy) is 1. The van der Waals surface area contributed by atoms with Crippen molar-refractivity contribution in [2.45, 2.75) is 26.8 Å². The maximum Gasteiger partial charge on any atom is 0.373 e. The number of nitrogens with one attached hydrogen (secondary N) is 1. The van der Waals surface area contributed by atoms with Crippen LogP contribution >= 0.6 is 0 Å². The lowest BCUT2D eigenvalue weighted by molar-refractivity contribution is -0.191. The van der Waals surface area contributed by atoms with Crippen LogP contribution < -0.4 is 10.2 Å². The van der Waals surface area contributed by atoms with Crippen molar-refractivity contribution in [3.8, 4) is 11.4 Å². The summed E-state index contributed by atoms with van der Waals surface area (Å²) in [5, 5.41) is 3.47. The molecular formula is C25H28N4O3. The number of anilines is 2. The largest absolute Gasteiger partial charge is 0.381 e. The molecular weight excluding hydrogens is 404 g/mol. The van der Waals surface area contributed by atoms with Crippen LogP contribution in [-0.4, -0.2) is 42.4 Å². The quantitative estimate of drug-likeness (QED) is 0.633. The van der Waals surface area contributed by atoms with E-state index in [-0.39, 0.29) is 6.15 Å². The average molecular weight is 433 g/mol. The number of hydrogen-bond acceptors (Lipinski definition) is 7. The van der Waals surface area contributed by atoms with Gasteiger partial charge < -0.3 is 15.0 Å². The average Bonchev–Trinajstić information content (AvgIpc) is 2.85. The summed E-state index contributed by atoms with van der Waals surface area (Å²) in [6.45, 7) is 8.35. The van der Waals surface area contributed by atoms with Crippen molar-refractivity contribution in [2.75, 3.05) is 36.5 Å². The van der Waals surface area contributed by atoms with Crippen molar-refractivity contribution in [3.05, 3.63) is 71.4 Å². The second-order valence-corrected chi connectivity index (χ2v) is 7.40. The molecule has 4 rings (SSSR count). The molecule has 0 radical (unpaired) electrons. The summed E-state index contributed by atoms with van der Waals surface area (Å²) >= 11 is 0. The highest BCUT2D eigenvalue weighted by molar-refractivity contribution is 5.63. The molecule has 7 heteroatoms. The zero-order chi connectivity index (χ0) is 22.8. The van der Waals surface area contributed by atoms with Crippen LogP contribution in [0.1, 0.15) is 23.7 Å². The molecule has 0 bridgehead atoms. The van der Waals surface area contributed by atoms with Crippen LogP contribution in [0.4, 0.5) is 11.5 Å². The third-order valence-corrected chi connectivity index (χ3v) is 5.35. The molecule has 32 heavy (non-hydrogen) atoms. The van der Waals surface area contributed by atoms with Gasteiger partial charge in [-0.15, -0.1) is 0 Å². The lowest BCUT2D eigenvalue weighted by Crippen LogP contribution is -2.37. The van der Waals surface area contributed by atoms with Crippen molar-refractivity contribution < 1.29 is 14.3 Å². The van der Waals surface area contributed by atoms with Gasteiger partial charge in [0.25, 0.3) is 0 Å². The zero-order valence-electron chi connectivity index (χ0n) is 18.5. The minimum atomic E-state index is 0.250. The summed E-state index contributed by atoms with van der Waals surface area (Å²) in [5.41, 5.74) is 5.69. The Hall–Kier alpha value is -3.54. The molecule has 1 aromatic heterocycles. The van der Waals surface area contributed by atoms with E-state index in [1.54, 1.807) is 0 Å². The number of rotatable bonds is 6. The molecule has 2 aromatic carbocycles. The molecule has 3 aromatic rings. The molecule has 0 atom stereocenters. The Morgan fingerprint density at radius 2 is 1.66 bits per heavy atom. The first-order valence-corrected chi connectivity index (χ1v) is 10.7. The Morgan fingerprint density at radius 1 is 1.00 bits per heavy atom. The maximum absolute atomic E-state index is 8.12. The molecule has 0 unspecified atom stereocenters. The van der Waals surface area contributed by atoms with E-state index >= 15 is 0 Å². The first-order chi connectivity index (χ1) is 15.7. The monoisotopic (exact) mass is 432 g/mol. The Labute approximate surface area is 188 Å². The number of aryl methyl sites for hydroxylation is 1. The van der Waals surface area contributed by atoms with E-state index in [9.17, 15) is 0 Å². The molecule has 0 saturated carbocycles. The predicted molar refractivity (Wildman–Crippen MR) is 123 cm³/mol. The fourth-order valence-electron chi connectivity index (χ4n) is 3.64. The van der Waals surface area contributed by atoms with Gasteiger partial charge in [-0.2, -0.15) is 9.59 Å². The van der Waals surface area contributed by atoms with Crippen LogP contribution in [0.15, 0.2) is 54.6 Å². The van der Waals surface area contributed by atoms with Crippen molar-refractivity contribution >= 4 is 17.7 Å². The van der Waals surface area contributed by atoms with E-state index in [2.05, 4.69) is 72.6 Å². The van der Waals surface area contributed by atoms with E-state index in [0.29, 0.717) is 0 Å². The van der Waals surface area contributed by atoms with E-state index in [0.717, 1.165) is 67.9 Å². The molecule has 2 heterocycles. The van der Waals surface area contributed by atoms with Gasteiger partial charge in [0.15, 0.2) is 5.82 Å². The number of morpholine rings is 1. The van der Waals surface area contributed by atoms with E-state index in [1.165, 1.54) is 11.1 Å². The van der Waals surface area contributed by atoms with E-state index in [4.69, 9.17) is 24.3 Å². The summed E-state index contributed by atoms with van der Waals surface area (Å²) in [4.78, 5) is 28.4. The van der Waals surface area contributed by atoms with Gasteiger partial charge in [0.05, 0.1) is 13.2 Å². The fourth-order valence-corrected chi connectivity index (χ4v) is 3.64.